The number of para-hydroxylation sites is 1. The van der Waals surface area contributed by atoms with Gasteiger partial charge in [0, 0.05) is 12.2 Å². The fourth-order valence-electron chi connectivity index (χ4n) is 1.61. The Kier molecular flexibility index (Phi) is 4.04. The highest BCUT2D eigenvalue weighted by Gasteiger charge is 1.99. The number of halogens is 1. The van der Waals surface area contributed by atoms with Crippen LogP contribution in [0.2, 0.25) is 0 Å². The van der Waals surface area contributed by atoms with Gasteiger partial charge in [-0.3, -0.25) is 0 Å². The van der Waals surface area contributed by atoms with Gasteiger partial charge in [-0.25, -0.2) is 0 Å². The van der Waals surface area contributed by atoms with Gasteiger partial charge >= 0.3 is 0 Å². The van der Waals surface area contributed by atoms with Crippen LogP contribution in [0.25, 0.3) is 0 Å². The molecule has 0 spiro atoms. The summed E-state index contributed by atoms with van der Waals surface area (Å²) in [6.07, 6.45) is 0.924. The zero-order chi connectivity index (χ0) is 12.1. The molecule has 2 nitrogen and oxygen atoms in total. The molecule has 2 aromatic carbocycles. The van der Waals surface area contributed by atoms with Crippen molar-refractivity contribution in [2.75, 3.05) is 11.9 Å². The van der Waals surface area contributed by atoms with E-state index in [2.05, 4.69) is 21.2 Å². The van der Waals surface area contributed by atoms with Gasteiger partial charge < -0.3 is 10.4 Å². The normalized spacial score (nSPS) is 10.2. The first-order valence-corrected chi connectivity index (χ1v) is 6.31. The molecule has 0 amide bonds. The number of hydrogen-bond acceptors (Lipinski definition) is 2. The summed E-state index contributed by atoms with van der Waals surface area (Å²) in [6, 6.07) is 15.7. The van der Waals surface area contributed by atoms with E-state index < -0.39 is 0 Å². The van der Waals surface area contributed by atoms with E-state index in [9.17, 15) is 5.11 Å². The van der Waals surface area contributed by atoms with Crippen LogP contribution in [0.5, 0.6) is 5.75 Å². The first-order chi connectivity index (χ1) is 8.25. The first kappa shape index (κ1) is 12.0. The Balaban J connectivity index is 1.88. The SMILES string of the molecule is Oc1ccc(CCNc2ccccc2)cc1Br. The third kappa shape index (κ3) is 3.49. The van der Waals surface area contributed by atoms with Crippen LogP contribution >= 0.6 is 15.9 Å². The van der Waals surface area contributed by atoms with Crippen LogP contribution in [0.1, 0.15) is 5.56 Å². The molecule has 0 atom stereocenters. The summed E-state index contributed by atoms with van der Waals surface area (Å²) in [5.74, 6) is 0.282. The molecule has 0 heterocycles. The van der Waals surface area contributed by atoms with Gasteiger partial charge in [0.05, 0.1) is 4.47 Å². The lowest BCUT2D eigenvalue weighted by Gasteiger charge is -2.07. The van der Waals surface area contributed by atoms with Crippen molar-refractivity contribution in [2.45, 2.75) is 6.42 Å². The highest BCUT2D eigenvalue weighted by molar-refractivity contribution is 9.10. The van der Waals surface area contributed by atoms with E-state index in [1.807, 2.05) is 42.5 Å². The van der Waals surface area contributed by atoms with Crippen molar-refractivity contribution in [2.24, 2.45) is 0 Å². The fourth-order valence-corrected chi connectivity index (χ4v) is 2.04. The zero-order valence-electron chi connectivity index (χ0n) is 9.36. The van der Waals surface area contributed by atoms with Crippen molar-refractivity contribution < 1.29 is 5.11 Å². The lowest BCUT2D eigenvalue weighted by molar-refractivity contribution is 0.471. The van der Waals surface area contributed by atoms with Crippen molar-refractivity contribution in [3.05, 3.63) is 58.6 Å². The molecule has 0 saturated carbocycles. The van der Waals surface area contributed by atoms with E-state index in [0.29, 0.717) is 0 Å². The summed E-state index contributed by atoms with van der Waals surface area (Å²) in [6.45, 7) is 0.876. The topological polar surface area (TPSA) is 32.3 Å². The molecule has 0 aromatic heterocycles. The highest BCUT2D eigenvalue weighted by Crippen LogP contribution is 2.24. The fraction of sp³-hybridized carbons (Fsp3) is 0.143. The average Bonchev–Trinajstić information content (AvgIpc) is 2.35. The molecule has 0 unspecified atom stereocenters. The Labute approximate surface area is 109 Å². The van der Waals surface area contributed by atoms with Crippen molar-refractivity contribution in [1.29, 1.82) is 0 Å². The minimum atomic E-state index is 0.282. The maximum Gasteiger partial charge on any atom is 0.129 e. The van der Waals surface area contributed by atoms with E-state index in [1.54, 1.807) is 6.07 Å². The largest absolute Gasteiger partial charge is 0.507 e. The number of rotatable bonds is 4. The maximum absolute atomic E-state index is 9.38. The van der Waals surface area contributed by atoms with Gasteiger partial charge in [-0.1, -0.05) is 24.3 Å². The smallest absolute Gasteiger partial charge is 0.129 e. The van der Waals surface area contributed by atoms with E-state index in [1.165, 1.54) is 5.56 Å². The van der Waals surface area contributed by atoms with Crippen LogP contribution in [0, 0.1) is 0 Å². The molecule has 0 bridgehead atoms. The number of nitrogens with one attached hydrogen (secondary N) is 1. The Morgan fingerprint density at radius 2 is 1.82 bits per heavy atom. The van der Waals surface area contributed by atoms with Gasteiger partial charge in [0.1, 0.15) is 5.75 Å². The van der Waals surface area contributed by atoms with Gasteiger partial charge in [-0.2, -0.15) is 0 Å². The summed E-state index contributed by atoms with van der Waals surface area (Å²) in [5, 5.41) is 12.7. The van der Waals surface area contributed by atoms with E-state index in [0.717, 1.165) is 23.1 Å². The monoisotopic (exact) mass is 291 g/mol. The van der Waals surface area contributed by atoms with Crippen LogP contribution in [0.3, 0.4) is 0 Å². The van der Waals surface area contributed by atoms with Crippen molar-refractivity contribution in [3.63, 3.8) is 0 Å². The number of aromatic hydroxyl groups is 1. The Bertz CT molecular complexity index is 485. The van der Waals surface area contributed by atoms with E-state index in [-0.39, 0.29) is 5.75 Å². The summed E-state index contributed by atoms with van der Waals surface area (Å²) in [7, 11) is 0. The second-order valence-corrected chi connectivity index (χ2v) is 4.68. The Morgan fingerprint density at radius 3 is 2.53 bits per heavy atom. The number of anilines is 1. The quantitative estimate of drug-likeness (QED) is 0.898. The lowest BCUT2D eigenvalue weighted by Crippen LogP contribution is -2.04. The van der Waals surface area contributed by atoms with E-state index in [4.69, 9.17) is 0 Å². The summed E-state index contributed by atoms with van der Waals surface area (Å²) < 4.78 is 0.745. The number of phenolic OH excluding ortho intramolecular Hbond substituents is 1. The van der Waals surface area contributed by atoms with Crippen LogP contribution in [-0.4, -0.2) is 11.7 Å². The average molecular weight is 292 g/mol. The molecule has 17 heavy (non-hydrogen) atoms. The third-order valence-corrected chi connectivity index (χ3v) is 3.16. The predicted molar refractivity (Wildman–Crippen MR) is 74.4 cm³/mol. The summed E-state index contributed by atoms with van der Waals surface area (Å²) >= 11 is 3.31. The van der Waals surface area contributed by atoms with Gasteiger partial charge in [0.2, 0.25) is 0 Å². The number of phenols is 1. The highest BCUT2D eigenvalue weighted by atomic mass is 79.9. The minimum Gasteiger partial charge on any atom is -0.507 e. The predicted octanol–water partition coefficient (Wildman–Crippen LogP) is 3.81. The van der Waals surface area contributed by atoms with Crippen molar-refractivity contribution in [1.82, 2.24) is 0 Å². The molecular weight excluding hydrogens is 278 g/mol. The molecule has 0 saturated heterocycles. The van der Waals surface area contributed by atoms with Gasteiger partial charge in [0.25, 0.3) is 0 Å². The van der Waals surface area contributed by atoms with E-state index >= 15 is 0 Å². The molecule has 0 fully saturated rings. The zero-order valence-corrected chi connectivity index (χ0v) is 10.9. The maximum atomic E-state index is 9.38. The standard InChI is InChI=1S/C14H14BrNO/c15-13-10-11(6-7-14(13)17)8-9-16-12-4-2-1-3-5-12/h1-7,10,16-17H,8-9H2. The third-order valence-electron chi connectivity index (χ3n) is 2.53. The van der Waals surface area contributed by atoms with Crippen LogP contribution < -0.4 is 5.32 Å². The number of hydrogen-bond donors (Lipinski definition) is 2. The van der Waals surface area contributed by atoms with Crippen LogP contribution in [0.15, 0.2) is 53.0 Å². The minimum absolute atomic E-state index is 0.282. The molecule has 0 aliphatic carbocycles. The van der Waals surface area contributed by atoms with Crippen molar-refractivity contribution in [3.8, 4) is 5.75 Å². The Hall–Kier alpha value is -1.48. The lowest BCUT2D eigenvalue weighted by atomic mass is 10.1. The van der Waals surface area contributed by atoms with Gasteiger partial charge in [-0.05, 0) is 52.2 Å². The van der Waals surface area contributed by atoms with Crippen molar-refractivity contribution >= 4 is 21.6 Å². The molecule has 2 rings (SSSR count). The first-order valence-electron chi connectivity index (χ1n) is 5.52. The summed E-state index contributed by atoms with van der Waals surface area (Å²) in [5.41, 5.74) is 2.32. The molecule has 2 aromatic rings. The van der Waals surface area contributed by atoms with Gasteiger partial charge in [0.15, 0.2) is 0 Å². The molecule has 88 valence electrons. The van der Waals surface area contributed by atoms with Crippen LogP contribution in [-0.2, 0) is 6.42 Å². The molecular formula is C14H14BrNO. The van der Waals surface area contributed by atoms with Crippen LogP contribution in [0.4, 0.5) is 5.69 Å². The molecule has 0 aliphatic heterocycles. The second-order valence-electron chi connectivity index (χ2n) is 3.83. The molecule has 0 aliphatic rings. The molecule has 0 radical (unpaired) electrons. The van der Waals surface area contributed by atoms with Gasteiger partial charge in [-0.15, -0.1) is 0 Å². The molecule has 3 heteroatoms. The summed E-state index contributed by atoms with van der Waals surface area (Å²) in [4.78, 5) is 0. The number of benzene rings is 2. The second kappa shape index (κ2) is 5.73. The Morgan fingerprint density at radius 1 is 1.06 bits per heavy atom. The molecule has 2 N–H and O–H groups in total.